The second kappa shape index (κ2) is 10.5. The van der Waals surface area contributed by atoms with Crippen LogP contribution in [0.4, 0.5) is 0 Å². The maximum absolute atomic E-state index is 12.0. The molecule has 0 spiro atoms. The summed E-state index contributed by atoms with van der Waals surface area (Å²) in [6, 6.07) is 29.0. The van der Waals surface area contributed by atoms with Crippen molar-refractivity contribution in [3.63, 3.8) is 0 Å². The molecule has 0 fully saturated rings. The zero-order valence-corrected chi connectivity index (χ0v) is 20.4. The van der Waals surface area contributed by atoms with Gasteiger partial charge < -0.3 is 14.8 Å². The van der Waals surface area contributed by atoms with Crippen LogP contribution in [0.5, 0.6) is 5.75 Å². The van der Waals surface area contributed by atoms with Gasteiger partial charge >= 0.3 is 5.97 Å². The van der Waals surface area contributed by atoms with Crippen molar-refractivity contribution in [3.05, 3.63) is 119 Å². The van der Waals surface area contributed by atoms with Gasteiger partial charge in [0.25, 0.3) is 0 Å². The van der Waals surface area contributed by atoms with Crippen LogP contribution in [0, 0.1) is 11.8 Å². The van der Waals surface area contributed by atoms with Crippen molar-refractivity contribution in [2.24, 2.45) is 0 Å². The van der Waals surface area contributed by atoms with Crippen molar-refractivity contribution >= 4 is 28.6 Å². The summed E-state index contributed by atoms with van der Waals surface area (Å²) in [7, 11) is 0. The van der Waals surface area contributed by atoms with E-state index in [2.05, 4.69) is 16.8 Å². The molecule has 2 N–H and O–H groups in total. The zero-order valence-electron chi connectivity index (χ0n) is 19.6. The van der Waals surface area contributed by atoms with Crippen molar-refractivity contribution in [3.8, 4) is 28.7 Å². The monoisotopic (exact) mass is 489 g/mol. The average Bonchev–Trinajstić information content (AvgIpc) is 3.39. The summed E-state index contributed by atoms with van der Waals surface area (Å²) in [5.41, 5.74) is 5.16. The summed E-state index contributed by atoms with van der Waals surface area (Å²) in [6.45, 7) is 0.471. The van der Waals surface area contributed by atoms with E-state index < -0.39 is 5.97 Å². The Hall–Kier alpha value is -4.40. The fourth-order valence-corrected chi connectivity index (χ4v) is 4.42. The molecule has 0 radical (unpaired) electrons. The molecule has 1 heterocycles. The Bertz CT molecular complexity index is 1590. The number of aromatic amines is 1. The number of nitrogens with one attached hydrogen (secondary N) is 1. The fourth-order valence-electron chi connectivity index (χ4n) is 4.01. The predicted molar refractivity (Wildman–Crippen MR) is 146 cm³/mol. The van der Waals surface area contributed by atoms with Gasteiger partial charge in [0.05, 0.1) is 5.56 Å². The highest BCUT2D eigenvalue weighted by Crippen LogP contribution is 2.30. The van der Waals surface area contributed by atoms with Crippen molar-refractivity contribution < 1.29 is 14.6 Å². The standard InChI is InChI=1S/C31H23NO3S/c1-36-27-15-13-26(14-16-27)35-20-22-7-5-21(6-8-22)9-10-24-3-2-4-28(31(33)34)30(24)25-12-11-23-17-18-32-29(23)19-25/h2-8,11-19,32H,20H2,1H3,(H,33,34). The first-order chi connectivity index (χ1) is 17.6. The summed E-state index contributed by atoms with van der Waals surface area (Å²) in [5.74, 6) is 6.24. The molecule has 36 heavy (non-hydrogen) atoms. The van der Waals surface area contributed by atoms with Gasteiger partial charge in [0, 0.05) is 33.3 Å². The number of benzene rings is 4. The van der Waals surface area contributed by atoms with Gasteiger partial charge in [0.1, 0.15) is 12.4 Å². The van der Waals surface area contributed by atoms with Crippen LogP contribution in [0.2, 0.25) is 0 Å². The molecular formula is C31H23NO3S. The van der Waals surface area contributed by atoms with Crippen molar-refractivity contribution in [1.82, 2.24) is 4.98 Å². The number of carboxylic acid groups (broad SMARTS) is 1. The maximum atomic E-state index is 12.0. The first-order valence-electron chi connectivity index (χ1n) is 11.4. The number of thioether (sulfide) groups is 1. The second-order valence-electron chi connectivity index (χ2n) is 8.22. The van der Waals surface area contributed by atoms with E-state index in [1.807, 2.05) is 91.3 Å². The molecule has 5 aromatic rings. The molecule has 0 saturated carbocycles. The molecule has 0 atom stereocenters. The average molecular weight is 490 g/mol. The lowest BCUT2D eigenvalue weighted by Gasteiger charge is -2.10. The first-order valence-corrected chi connectivity index (χ1v) is 12.6. The third-order valence-electron chi connectivity index (χ3n) is 5.90. The number of aromatic nitrogens is 1. The van der Waals surface area contributed by atoms with Gasteiger partial charge in [0.2, 0.25) is 0 Å². The number of carbonyl (C=O) groups is 1. The van der Waals surface area contributed by atoms with Crippen molar-refractivity contribution in [2.45, 2.75) is 11.5 Å². The van der Waals surface area contributed by atoms with E-state index in [0.29, 0.717) is 17.7 Å². The van der Waals surface area contributed by atoms with Gasteiger partial charge in [-0.3, -0.25) is 0 Å². The van der Waals surface area contributed by atoms with Gasteiger partial charge in [-0.15, -0.1) is 11.8 Å². The minimum absolute atomic E-state index is 0.228. The van der Waals surface area contributed by atoms with E-state index in [0.717, 1.165) is 33.3 Å². The quantitative estimate of drug-likeness (QED) is 0.195. The zero-order chi connectivity index (χ0) is 24.9. The van der Waals surface area contributed by atoms with E-state index >= 15 is 0 Å². The fraction of sp³-hybridized carbons (Fsp3) is 0.0645. The van der Waals surface area contributed by atoms with Gasteiger partial charge in [-0.1, -0.05) is 42.2 Å². The molecule has 176 valence electrons. The normalized spacial score (nSPS) is 10.6. The Morgan fingerprint density at radius 3 is 2.50 bits per heavy atom. The van der Waals surface area contributed by atoms with Crippen molar-refractivity contribution in [2.75, 3.05) is 6.26 Å². The SMILES string of the molecule is CSc1ccc(OCc2ccc(C#Cc3cccc(C(=O)O)c3-c3ccc4cc[nH]c4c3)cc2)cc1. The van der Waals surface area contributed by atoms with Crippen molar-refractivity contribution in [1.29, 1.82) is 0 Å². The van der Waals surface area contributed by atoms with Crippen LogP contribution in [-0.2, 0) is 6.61 Å². The molecule has 0 amide bonds. The molecule has 0 saturated heterocycles. The van der Waals surface area contributed by atoms with Crippen LogP contribution in [0.1, 0.15) is 27.0 Å². The van der Waals surface area contributed by atoms with E-state index in [-0.39, 0.29) is 5.56 Å². The number of aromatic carboxylic acids is 1. The van der Waals surface area contributed by atoms with Gasteiger partial charge in [0.15, 0.2) is 0 Å². The Morgan fingerprint density at radius 1 is 0.944 bits per heavy atom. The Kier molecular flexibility index (Phi) is 6.79. The number of rotatable bonds is 6. The third-order valence-corrected chi connectivity index (χ3v) is 6.64. The molecular weight excluding hydrogens is 466 g/mol. The minimum Gasteiger partial charge on any atom is -0.489 e. The van der Waals surface area contributed by atoms with E-state index in [9.17, 15) is 9.90 Å². The number of fused-ring (bicyclic) bond motifs is 1. The molecule has 5 heteroatoms. The highest BCUT2D eigenvalue weighted by molar-refractivity contribution is 7.98. The van der Waals surface area contributed by atoms with Crippen LogP contribution < -0.4 is 4.74 Å². The smallest absolute Gasteiger partial charge is 0.336 e. The molecule has 5 rings (SSSR count). The van der Waals surface area contributed by atoms with Gasteiger partial charge in [-0.25, -0.2) is 4.79 Å². The molecule has 4 aromatic carbocycles. The molecule has 0 aliphatic rings. The molecule has 4 nitrogen and oxygen atoms in total. The summed E-state index contributed by atoms with van der Waals surface area (Å²) < 4.78 is 5.88. The third kappa shape index (κ3) is 5.14. The molecule has 0 aliphatic carbocycles. The highest BCUT2D eigenvalue weighted by Gasteiger charge is 2.15. The lowest BCUT2D eigenvalue weighted by atomic mass is 9.93. The van der Waals surface area contributed by atoms with Crippen LogP contribution >= 0.6 is 11.8 Å². The number of hydrogen-bond acceptors (Lipinski definition) is 3. The summed E-state index contributed by atoms with van der Waals surface area (Å²) >= 11 is 1.70. The van der Waals surface area contributed by atoms with Crippen LogP contribution in [0.3, 0.4) is 0 Å². The largest absolute Gasteiger partial charge is 0.489 e. The Labute approximate surface area is 214 Å². The number of hydrogen-bond donors (Lipinski definition) is 2. The lowest BCUT2D eigenvalue weighted by Crippen LogP contribution is -2.01. The van der Waals surface area contributed by atoms with E-state index in [1.54, 1.807) is 23.9 Å². The summed E-state index contributed by atoms with van der Waals surface area (Å²) in [6.07, 6.45) is 3.92. The van der Waals surface area contributed by atoms with Gasteiger partial charge in [-0.05, 0) is 83.4 Å². The molecule has 1 aromatic heterocycles. The van der Waals surface area contributed by atoms with E-state index in [1.165, 1.54) is 4.90 Å². The topological polar surface area (TPSA) is 62.3 Å². The van der Waals surface area contributed by atoms with Crippen LogP contribution in [0.25, 0.3) is 22.0 Å². The number of ether oxygens (including phenoxy) is 1. The first kappa shape index (κ1) is 23.3. The van der Waals surface area contributed by atoms with Crippen LogP contribution in [0.15, 0.2) is 102 Å². The summed E-state index contributed by atoms with van der Waals surface area (Å²) in [5, 5.41) is 10.9. The molecule has 0 unspecified atom stereocenters. The Morgan fingerprint density at radius 2 is 1.75 bits per heavy atom. The van der Waals surface area contributed by atoms with Gasteiger partial charge in [-0.2, -0.15) is 0 Å². The molecule has 0 aliphatic heterocycles. The molecule has 0 bridgehead atoms. The maximum Gasteiger partial charge on any atom is 0.336 e. The number of carboxylic acids is 1. The second-order valence-corrected chi connectivity index (χ2v) is 9.10. The Balaban J connectivity index is 1.38. The predicted octanol–water partition coefficient (Wildman–Crippen LogP) is 7.23. The summed E-state index contributed by atoms with van der Waals surface area (Å²) in [4.78, 5) is 16.4. The van der Waals surface area contributed by atoms with E-state index in [4.69, 9.17) is 4.74 Å². The highest BCUT2D eigenvalue weighted by atomic mass is 32.2. The number of H-pyrrole nitrogens is 1. The van der Waals surface area contributed by atoms with Crippen LogP contribution in [-0.4, -0.2) is 22.3 Å². The minimum atomic E-state index is -0.979. The lowest BCUT2D eigenvalue weighted by molar-refractivity contribution is 0.0697.